The molecule has 13 heavy (non-hydrogen) atoms. The number of rotatable bonds is 1. The molecule has 0 saturated carbocycles. The fourth-order valence-corrected chi connectivity index (χ4v) is 1.79. The molecule has 0 amide bonds. The van der Waals surface area contributed by atoms with Crippen molar-refractivity contribution >= 4 is 17.6 Å². The summed E-state index contributed by atoms with van der Waals surface area (Å²) in [5.74, 6) is -0.793. The lowest BCUT2D eigenvalue weighted by molar-refractivity contribution is -0.159. The van der Waals surface area contributed by atoms with Crippen LogP contribution in [-0.2, 0) is 16.8 Å². The number of hydrogen-bond acceptors (Lipinski definition) is 3. The Kier molecular flexibility index (Phi) is 1.65. The van der Waals surface area contributed by atoms with Gasteiger partial charge in [-0.15, -0.1) is 0 Å². The zero-order chi connectivity index (χ0) is 9.64. The number of halogens is 1. The predicted molar refractivity (Wildman–Crippen MR) is 43.6 cm³/mol. The van der Waals surface area contributed by atoms with Crippen LogP contribution in [0.2, 0.25) is 5.22 Å². The fourth-order valence-electron chi connectivity index (χ4n) is 1.58. The molecule has 1 aliphatic rings. The summed E-state index contributed by atoms with van der Waals surface area (Å²) in [4.78, 5) is 10.8. The van der Waals surface area contributed by atoms with Crippen LogP contribution in [0.1, 0.15) is 17.7 Å². The second kappa shape index (κ2) is 2.49. The van der Waals surface area contributed by atoms with Crippen LogP contribution < -0.4 is 0 Å². The van der Waals surface area contributed by atoms with E-state index in [1.807, 2.05) is 0 Å². The lowest BCUT2D eigenvalue weighted by Crippen LogP contribution is -2.32. The van der Waals surface area contributed by atoms with Gasteiger partial charge in [0, 0.05) is 18.1 Å². The summed E-state index contributed by atoms with van der Waals surface area (Å²) >= 11 is 5.54. The van der Waals surface area contributed by atoms with Gasteiger partial charge in [0.1, 0.15) is 5.76 Å². The van der Waals surface area contributed by atoms with Crippen molar-refractivity contribution in [1.29, 1.82) is 0 Å². The standard InChI is InChI=1S/C8H7ClO4/c9-6-3-4-5(13-6)1-2-8(4,12)7(10)11/h3,12H,1-2H2,(H,10,11). The summed E-state index contributed by atoms with van der Waals surface area (Å²) < 4.78 is 5.01. The molecular weight excluding hydrogens is 196 g/mol. The average Bonchev–Trinajstić information content (AvgIpc) is 2.53. The first-order valence-electron chi connectivity index (χ1n) is 3.78. The average molecular weight is 203 g/mol. The minimum Gasteiger partial charge on any atom is -0.479 e. The van der Waals surface area contributed by atoms with Gasteiger partial charge in [0.2, 0.25) is 0 Å². The number of carboxylic acids is 1. The second-order valence-electron chi connectivity index (χ2n) is 3.05. The third-order valence-electron chi connectivity index (χ3n) is 2.29. The first-order chi connectivity index (χ1) is 6.04. The molecule has 0 saturated heterocycles. The molecule has 0 radical (unpaired) electrons. The maximum atomic E-state index is 10.8. The Morgan fingerprint density at radius 2 is 2.38 bits per heavy atom. The Hall–Kier alpha value is -1.00. The van der Waals surface area contributed by atoms with Crippen LogP contribution >= 0.6 is 11.6 Å². The Bertz CT molecular complexity index is 370. The highest BCUT2D eigenvalue weighted by Crippen LogP contribution is 2.40. The fraction of sp³-hybridized carbons (Fsp3) is 0.375. The lowest BCUT2D eigenvalue weighted by atomic mass is 9.99. The Morgan fingerprint density at radius 1 is 1.69 bits per heavy atom. The van der Waals surface area contributed by atoms with Crippen molar-refractivity contribution in [3.8, 4) is 0 Å². The maximum Gasteiger partial charge on any atom is 0.340 e. The second-order valence-corrected chi connectivity index (χ2v) is 3.43. The molecule has 0 aromatic carbocycles. The molecule has 5 heteroatoms. The van der Waals surface area contributed by atoms with Gasteiger partial charge in [-0.1, -0.05) is 0 Å². The molecule has 4 nitrogen and oxygen atoms in total. The Morgan fingerprint density at radius 3 is 3.00 bits per heavy atom. The van der Waals surface area contributed by atoms with E-state index in [1.165, 1.54) is 6.07 Å². The Balaban J connectivity index is 2.53. The number of aryl methyl sites for hydroxylation is 1. The minimum atomic E-state index is -1.81. The first kappa shape index (κ1) is 8.59. The molecule has 1 aromatic rings. The van der Waals surface area contributed by atoms with Crippen molar-refractivity contribution in [3.05, 3.63) is 22.6 Å². The molecule has 0 fully saturated rings. The van der Waals surface area contributed by atoms with Crippen LogP contribution in [0, 0.1) is 0 Å². The van der Waals surface area contributed by atoms with Crippen LogP contribution in [0.25, 0.3) is 0 Å². The molecule has 1 atom stereocenters. The van der Waals surface area contributed by atoms with Crippen LogP contribution in [0.3, 0.4) is 0 Å². The molecule has 2 N–H and O–H groups in total. The highest BCUT2D eigenvalue weighted by Gasteiger charge is 2.46. The van der Waals surface area contributed by atoms with Gasteiger partial charge < -0.3 is 14.6 Å². The minimum absolute atomic E-state index is 0.115. The van der Waals surface area contributed by atoms with Gasteiger partial charge in [-0.3, -0.25) is 0 Å². The number of aliphatic carboxylic acids is 1. The summed E-state index contributed by atoms with van der Waals surface area (Å²) in [6.07, 6.45) is 0.554. The third kappa shape index (κ3) is 1.06. The van der Waals surface area contributed by atoms with Gasteiger partial charge in [-0.05, 0) is 18.0 Å². The van der Waals surface area contributed by atoms with E-state index in [1.54, 1.807) is 0 Å². The van der Waals surface area contributed by atoms with Crippen molar-refractivity contribution in [2.75, 3.05) is 0 Å². The molecular formula is C8H7ClO4. The van der Waals surface area contributed by atoms with E-state index in [4.69, 9.17) is 21.1 Å². The van der Waals surface area contributed by atoms with Gasteiger partial charge in [0.15, 0.2) is 10.8 Å². The van der Waals surface area contributed by atoms with Crippen LogP contribution in [0.4, 0.5) is 0 Å². The van der Waals surface area contributed by atoms with E-state index in [-0.39, 0.29) is 17.2 Å². The van der Waals surface area contributed by atoms with E-state index in [0.29, 0.717) is 12.2 Å². The van der Waals surface area contributed by atoms with E-state index in [9.17, 15) is 9.90 Å². The van der Waals surface area contributed by atoms with Crippen molar-refractivity contribution < 1.29 is 19.4 Å². The molecule has 70 valence electrons. The van der Waals surface area contributed by atoms with Crippen molar-refractivity contribution in [2.45, 2.75) is 18.4 Å². The zero-order valence-corrected chi connectivity index (χ0v) is 7.34. The number of furan rings is 1. The number of hydrogen-bond donors (Lipinski definition) is 2. The molecule has 0 bridgehead atoms. The summed E-state index contributed by atoms with van der Waals surface area (Å²) in [6.45, 7) is 0. The lowest BCUT2D eigenvalue weighted by Gasteiger charge is -2.15. The quantitative estimate of drug-likeness (QED) is 0.717. The van der Waals surface area contributed by atoms with Crippen LogP contribution in [-0.4, -0.2) is 16.2 Å². The van der Waals surface area contributed by atoms with Gasteiger partial charge >= 0.3 is 5.97 Å². The molecule has 1 aromatic heterocycles. The van der Waals surface area contributed by atoms with E-state index in [0.717, 1.165) is 0 Å². The highest BCUT2D eigenvalue weighted by molar-refractivity contribution is 6.29. The smallest absolute Gasteiger partial charge is 0.340 e. The molecule has 0 aliphatic heterocycles. The zero-order valence-electron chi connectivity index (χ0n) is 6.58. The molecule has 1 heterocycles. The predicted octanol–water partition coefficient (Wildman–Crippen LogP) is 1.15. The van der Waals surface area contributed by atoms with E-state index >= 15 is 0 Å². The first-order valence-corrected chi connectivity index (χ1v) is 4.16. The largest absolute Gasteiger partial charge is 0.479 e. The summed E-state index contributed by atoms with van der Waals surface area (Å²) in [5.41, 5.74) is -1.53. The number of aliphatic hydroxyl groups is 1. The van der Waals surface area contributed by atoms with Crippen molar-refractivity contribution in [3.63, 3.8) is 0 Å². The van der Waals surface area contributed by atoms with Gasteiger partial charge in [-0.2, -0.15) is 0 Å². The summed E-state index contributed by atoms with van der Waals surface area (Å²) in [6, 6.07) is 1.36. The normalized spacial score (nSPS) is 26.0. The topological polar surface area (TPSA) is 70.7 Å². The third-order valence-corrected chi connectivity index (χ3v) is 2.48. The van der Waals surface area contributed by atoms with Crippen LogP contribution in [0.5, 0.6) is 0 Å². The number of fused-ring (bicyclic) bond motifs is 1. The summed E-state index contributed by atoms with van der Waals surface area (Å²) in [5, 5.41) is 18.6. The molecule has 2 rings (SSSR count). The van der Waals surface area contributed by atoms with Gasteiger partial charge in [0.25, 0.3) is 0 Å². The Labute approximate surface area is 78.7 Å². The number of carbonyl (C=O) groups is 1. The van der Waals surface area contributed by atoms with Gasteiger partial charge in [0.05, 0.1) is 0 Å². The van der Waals surface area contributed by atoms with Crippen molar-refractivity contribution in [1.82, 2.24) is 0 Å². The molecule has 1 unspecified atom stereocenters. The molecule has 1 aliphatic carbocycles. The van der Waals surface area contributed by atoms with Crippen molar-refractivity contribution in [2.24, 2.45) is 0 Å². The maximum absolute atomic E-state index is 10.8. The van der Waals surface area contributed by atoms with Crippen LogP contribution in [0.15, 0.2) is 10.5 Å². The monoisotopic (exact) mass is 202 g/mol. The van der Waals surface area contributed by atoms with E-state index in [2.05, 4.69) is 0 Å². The summed E-state index contributed by atoms with van der Waals surface area (Å²) in [7, 11) is 0. The van der Waals surface area contributed by atoms with Gasteiger partial charge in [-0.25, -0.2) is 4.79 Å². The molecule has 0 spiro atoms. The van der Waals surface area contributed by atoms with E-state index < -0.39 is 11.6 Å². The number of carboxylic acid groups (broad SMARTS) is 1. The highest BCUT2D eigenvalue weighted by atomic mass is 35.5. The SMILES string of the molecule is O=C(O)C1(O)CCc2oc(Cl)cc21.